The summed E-state index contributed by atoms with van der Waals surface area (Å²) in [5.74, 6) is -1.20. The number of hydrogen-bond donors (Lipinski definition) is 2. The van der Waals surface area contributed by atoms with Crippen molar-refractivity contribution in [1.82, 2.24) is 10.5 Å². The quantitative estimate of drug-likeness (QED) is 0.303. The molecule has 0 aliphatic rings. The highest BCUT2D eigenvalue weighted by atomic mass is 35.5. The van der Waals surface area contributed by atoms with Gasteiger partial charge in [0, 0.05) is 40.7 Å². The first-order valence-electron chi connectivity index (χ1n) is 12.8. The van der Waals surface area contributed by atoms with E-state index >= 15 is 0 Å². The molecule has 1 heterocycles. The van der Waals surface area contributed by atoms with Gasteiger partial charge in [-0.25, -0.2) is 4.79 Å². The Balaban J connectivity index is 2.02. The molecule has 1 atom stereocenters. The van der Waals surface area contributed by atoms with E-state index in [4.69, 9.17) is 20.9 Å². The Hall–Kier alpha value is -4.18. The van der Waals surface area contributed by atoms with Crippen molar-refractivity contribution in [2.45, 2.75) is 58.5 Å². The smallest absolute Gasteiger partial charge is 0.337 e. The SMILES string of the molecule is CCC(C)(C)NC(=O)[C@H](c1ccccc1Cl)N(C(=O)CCC(=O)Nc1cc(C)on1)c1ccc(C(=O)OC)cc1. The van der Waals surface area contributed by atoms with Gasteiger partial charge in [-0.15, -0.1) is 0 Å². The van der Waals surface area contributed by atoms with Crippen LogP contribution in [0.2, 0.25) is 5.02 Å². The summed E-state index contributed by atoms with van der Waals surface area (Å²) in [6.07, 6.45) is 0.225. The van der Waals surface area contributed by atoms with Crippen molar-refractivity contribution in [3.05, 3.63) is 76.5 Å². The number of carbonyl (C=O) groups is 4. The summed E-state index contributed by atoms with van der Waals surface area (Å²) in [6, 6.07) is 13.2. The number of esters is 1. The first-order chi connectivity index (χ1) is 19.0. The van der Waals surface area contributed by atoms with Crippen LogP contribution in [0.25, 0.3) is 0 Å². The van der Waals surface area contributed by atoms with Gasteiger partial charge in [0.1, 0.15) is 11.8 Å². The van der Waals surface area contributed by atoms with Crippen molar-refractivity contribution in [3.8, 4) is 0 Å². The average Bonchev–Trinajstić information content (AvgIpc) is 3.34. The lowest BCUT2D eigenvalue weighted by Crippen LogP contribution is -2.50. The molecule has 0 aliphatic heterocycles. The highest BCUT2D eigenvalue weighted by molar-refractivity contribution is 6.31. The minimum absolute atomic E-state index is 0.182. The van der Waals surface area contributed by atoms with E-state index in [9.17, 15) is 19.2 Å². The van der Waals surface area contributed by atoms with Crippen molar-refractivity contribution in [3.63, 3.8) is 0 Å². The number of halogens is 1. The van der Waals surface area contributed by atoms with Gasteiger partial charge in [0.25, 0.3) is 0 Å². The number of ether oxygens (including phenoxy) is 1. The maximum absolute atomic E-state index is 13.9. The zero-order valence-electron chi connectivity index (χ0n) is 23.1. The normalized spacial score (nSPS) is 11.8. The van der Waals surface area contributed by atoms with Crippen molar-refractivity contribution in [2.24, 2.45) is 0 Å². The van der Waals surface area contributed by atoms with Crippen LogP contribution >= 0.6 is 11.6 Å². The Morgan fingerprint density at radius 3 is 2.33 bits per heavy atom. The fourth-order valence-electron chi connectivity index (χ4n) is 3.87. The molecule has 2 N–H and O–H groups in total. The number of aromatic nitrogens is 1. The fraction of sp³-hybridized carbons (Fsp3) is 0.345. The molecule has 3 rings (SSSR count). The van der Waals surface area contributed by atoms with E-state index in [1.54, 1.807) is 49.4 Å². The fourth-order valence-corrected chi connectivity index (χ4v) is 4.11. The van der Waals surface area contributed by atoms with Crippen LogP contribution in [0.5, 0.6) is 0 Å². The lowest BCUT2D eigenvalue weighted by molar-refractivity contribution is -0.128. The topological polar surface area (TPSA) is 131 Å². The monoisotopic (exact) mass is 568 g/mol. The molecule has 0 fully saturated rings. The van der Waals surface area contributed by atoms with E-state index in [2.05, 4.69) is 15.8 Å². The Morgan fingerprint density at radius 2 is 1.75 bits per heavy atom. The molecule has 11 heteroatoms. The number of methoxy groups -OCH3 is 1. The molecule has 40 heavy (non-hydrogen) atoms. The van der Waals surface area contributed by atoms with Crippen LogP contribution in [-0.2, 0) is 19.1 Å². The van der Waals surface area contributed by atoms with Crippen LogP contribution in [0.1, 0.15) is 67.8 Å². The van der Waals surface area contributed by atoms with Crippen molar-refractivity contribution in [2.75, 3.05) is 17.3 Å². The van der Waals surface area contributed by atoms with Gasteiger partial charge in [0.05, 0.1) is 12.7 Å². The minimum Gasteiger partial charge on any atom is -0.465 e. The van der Waals surface area contributed by atoms with E-state index in [0.717, 1.165) is 0 Å². The Morgan fingerprint density at radius 1 is 1.07 bits per heavy atom. The molecule has 0 bridgehead atoms. The standard InChI is InChI=1S/C29H33ClN4O6/c1-6-29(3,4)32-27(37)26(21-9-7-8-10-22(21)30)34(20-13-11-19(12-14-20)28(38)39-5)25(36)16-15-24(35)31-23-17-18(2)40-33-23/h7-14,17,26H,6,15-16H2,1-5H3,(H,32,37)(H,31,33,35)/t26-/m0/s1. The largest absolute Gasteiger partial charge is 0.465 e. The lowest BCUT2D eigenvalue weighted by atomic mass is 9.97. The Labute approximate surface area is 238 Å². The third kappa shape index (κ3) is 7.69. The van der Waals surface area contributed by atoms with Crippen LogP contribution in [0.3, 0.4) is 0 Å². The van der Waals surface area contributed by atoms with Gasteiger partial charge >= 0.3 is 5.97 Å². The van der Waals surface area contributed by atoms with E-state index in [0.29, 0.717) is 28.5 Å². The van der Waals surface area contributed by atoms with Gasteiger partial charge < -0.3 is 19.9 Å². The maximum atomic E-state index is 13.9. The van der Waals surface area contributed by atoms with Crippen LogP contribution in [0.4, 0.5) is 11.5 Å². The predicted molar refractivity (Wildman–Crippen MR) is 151 cm³/mol. The number of benzene rings is 2. The molecular formula is C29H33ClN4O6. The highest BCUT2D eigenvalue weighted by Crippen LogP contribution is 2.34. The van der Waals surface area contributed by atoms with Crippen molar-refractivity contribution in [1.29, 1.82) is 0 Å². The number of rotatable bonds is 11. The summed E-state index contributed by atoms with van der Waals surface area (Å²) in [7, 11) is 1.27. The third-order valence-electron chi connectivity index (χ3n) is 6.35. The van der Waals surface area contributed by atoms with Crippen LogP contribution < -0.4 is 15.5 Å². The number of amides is 3. The average molecular weight is 569 g/mol. The summed E-state index contributed by atoms with van der Waals surface area (Å²) in [5, 5.41) is 9.62. The first-order valence-corrected chi connectivity index (χ1v) is 13.1. The second-order valence-corrected chi connectivity index (χ2v) is 10.2. The number of hydrogen-bond acceptors (Lipinski definition) is 7. The summed E-state index contributed by atoms with van der Waals surface area (Å²) in [4.78, 5) is 53.6. The zero-order valence-corrected chi connectivity index (χ0v) is 23.9. The minimum atomic E-state index is -1.17. The van der Waals surface area contributed by atoms with E-state index in [-0.39, 0.29) is 24.2 Å². The highest BCUT2D eigenvalue weighted by Gasteiger charge is 2.36. The van der Waals surface area contributed by atoms with Crippen LogP contribution in [0.15, 0.2) is 59.1 Å². The first kappa shape index (κ1) is 30.4. The predicted octanol–water partition coefficient (Wildman–Crippen LogP) is 5.22. The number of nitrogens with zero attached hydrogens (tertiary/aromatic N) is 2. The summed E-state index contributed by atoms with van der Waals surface area (Å²) in [5.41, 5.74) is 0.434. The molecule has 0 spiro atoms. The van der Waals surface area contributed by atoms with Crippen molar-refractivity contribution < 1.29 is 28.4 Å². The molecule has 0 saturated heterocycles. The number of aryl methyl sites for hydroxylation is 1. The molecule has 0 unspecified atom stereocenters. The number of anilines is 2. The summed E-state index contributed by atoms with van der Waals surface area (Å²) >= 11 is 6.55. The molecule has 0 radical (unpaired) electrons. The second kappa shape index (κ2) is 13.3. The molecule has 0 aliphatic carbocycles. The van der Waals surface area contributed by atoms with E-state index in [1.165, 1.54) is 24.1 Å². The van der Waals surface area contributed by atoms with Crippen molar-refractivity contribution >= 4 is 46.8 Å². The molecular weight excluding hydrogens is 536 g/mol. The second-order valence-electron chi connectivity index (χ2n) is 9.82. The Kier molecular flexibility index (Phi) is 10.1. The molecule has 3 amide bonds. The molecule has 0 saturated carbocycles. The number of nitrogens with one attached hydrogen (secondary N) is 2. The van der Waals surface area contributed by atoms with E-state index < -0.39 is 35.3 Å². The van der Waals surface area contributed by atoms with Gasteiger partial charge in [-0.2, -0.15) is 0 Å². The summed E-state index contributed by atoms with van der Waals surface area (Å²) in [6.45, 7) is 7.38. The zero-order chi connectivity index (χ0) is 29.4. The summed E-state index contributed by atoms with van der Waals surface area (Å²) < 4.78 is 9.74. The van der Waals surface area contributed by atoms with Gasteiger partial charge in [0.2, 0.25) is 17.7 Å². The van der Waals surface area contributed by atoms with E-state index in [1.807, 2.05) is 20.8 Å². The molecule has 212 valence electrons. The lowest BCUT2D eigenvalue weighted by Gasteiger charge is -2.35. The van der Waals surface area contributed by atoms with Gasteiger partial charge in [-0.3, -0.25) is 19.3 Å². The third-order valence-corrected chi connectivity index (χ3v) is 6.69. The van der Waals surface area contributed by atoms with Crippen LogP contribution in [0, 0.1) is 6.92 Å². The molecule has 2 aromatic carbocycles. The van der Waals surface area contributed by atoms with Gasteiger partial charge in [0.15, 0.2) is 5.82 Å². The Bertz CT molecular complexity index is 1370. The van der Waals surface area contributed by atoms with Gasteiger partial charge in [-0.05, 0) is 57.5 Å². The maximum Gasteiger partial charge on any atom is 0.337 e. The molecule has 3 aromatic rings. The number of carbonyl (C=O) groups excluding carboxylic acids is 4. The van der Waals surface area contributed by atoms with Gasteiger partial charge in [-0.1, -0.05) is 41.9 Å². The van der Waals surface area contributed by atoms with Crippen LogP contribution in [-0.4, -0.2) is 41.5 Å². The molecule has 1 aromatic heterocycles. The molecule has 10 nitrogen and oxygen atoms in total.